The first kappa shape index (κ1) is 13.1. The maximum Gasteiger partial charge on any atom is 0.145 e. The number of rotatable bonds is 3. The average molecular weight is 284 g/mol. The molecule has 2 rings (SSSR count). The van der Waals surface area contributed by atoms with Gasteiger partial charge in [0.25, 0.3) is 0 Å². The van der Waals surface area contributed by atoms with E-state index >= 15 is 0 Å². The number of hydrogen-bond donors (Lipinski definition) is 1. The summed E-state index contributed by atoms with van der Waals surface area (Å²) in [7, 11) is -1.34. The SMILES string of the molecule is Nc1cccc(S(=O)Cc2cccc(Cl)c2F)c1. The van der Waals surface area contributed by atoms with Crippen molar-refractivity contribution in [3.05, 3.63) is 58.9 Å². The molecule has 0 spiro atoms. The van der Waals surface area contributed by atoms with Crippen LogP contribution in [-0.2, 0) is 16.6 Å². The van der Waals surface area contributed by atoms with Crippen LogP contribution in [0.3, 0.4) is 0 Å². The first-order valence-electron chi connectivity index (χ1n) is 5.25. The van der Waals surface area contributed by atoms with Crippen molar-refractivity contribution in [1.29, 1.82) is 0 Å². The van der Waals surface area contributed by atoms with E-state index in [1.54, 1.807) is 36.4 Å². The van der Waals surface area contributed by atoms with Gasteiger partial charge in [-0.15, -0.1) is 0 Å². The molecule has 18 heavy (non-hydrogen) atoms. The smallest absolute Gasteiger partial charge is 0.145 e. The molecule has 0 heterocycles. The Morgan fingerprint density at radius 2 is 1.94 bits per heavy atom. The highest BCUT2D eigenvalue weighted by molar-refractivity contribution is 7.84. The Morgan fingerprint density at radius 1 is 1.22 bits per heavy atom. The van der Waals surface area contributed by atoms with Crippen LogP contribution < -0.4 is 5.73 Å². The van der Waals surface area contributed by atoms with E-state index in [2.05, 4.69) is 0 Å². The van der Waals surface area contributed by atoms with Gasteiger partial charge in [-0.1, -0.05) is 29.8 Å². The Kier molecular flexibility index (Phi) is 3.99. The predicted octanol–water partition coefficient (Wildman–Crippen LogP) is 3.37. The topological polar surface area (TPSA) is 43.1 Å². The van der Waals surface area contributed by atoms with Gasteiger partial charge in [0.15, 0.2) is 0 Å². The van der Waals surface area contributed by atoms with E-state index in [0.717, 1.165) is 0 Å². The minimum atomic E-state index is -1.34. The van der Waals surface area contributed by atoms with E-state index in [1.165, 1.54) is 6.07 Å². The van der Waals surface area contributed by atoms with Crippen LogP contribution in [0.4, 0.5) is 10.1 Å². The number of anilines is 1. The molecule has 0 saturated heterocycles. The van der Waals surface area contributed by atoms with Crippen molar-refractivity contribution in [2.75, 3.05) is 5.73 Å². The van der Waals surface area contributed by atoms with Gasteiger partial charge in [0, 0.05) is 16.1 Å². The number of nitrogen functional groups attached to an aromatic ring is 1. The maximum atomic E-state index is 13.7. The number of benzene rings is 2. The zero-order valence-electron chi connectivity index (χ0n) is 9.40. The molecule has 1 unspecified atom stereocenters. The van der Waals surface area contributed by atoms with Gasteiger partial charge < -0.3 is 5.73 Å². The van der Waals surface area contributed by atoms with Crippen molar-refractivity contribution in [3.8, 4) is 0 Å². The zero-order chi connectivity index (χ0) is 13.1. The summed E-state index contributed by atoms with van der Waals surface area (Å²) < 4.78 is 25.7. The van der Waals surface area contributed by atoms with E-state index in [4.69, 9.17) is 17.3 Å². The Hall–Kier alpha value is -1.39. The van der Waals surface area contributed by atoms with E-state index < -0.39 is 16.6 Å². The van der Waals surface area contributed by atoms with Gasteiger partial charge in [-0.25, -0.2) is 4.39 Å². The number of halogens is 2. The quantitative estimate of drug-likeness (QED) is 0.878. The summed E-state index contributed by atoms with van der Waals surface area (Å²) in [5.41, 5.74) is 6.49. The molecule has 0 amide bonds. The molecule has 0 aromatic heterocycles. The molecule has 2 aromatic rings. The first-order chi connectivity index (χ1) is 8.58. The molecule has 0 bridgehead atoms. The average Bonchev–Trinajstić information content (AvgIpc) is 2.35. The van der Waals surface area contributed by atoms with E-state index in [0.29, 0.717) is 16.1 Å². The first-order valence-corrected chi connectivity index (χ1v) is 6.94. The van der Waals surface area contributed by atoms with Crippen LogP contribution in [0.5, 0.6) is 0 Å². The Bertz CT molecular complexity index is 603. The van der Waals surface area contributed by atoms with Gasteiger partial charge >= 0.3 is 0 Å². The van der Waals surface area contributed by atoms with Crippen LogP contribution in [0.2, 0.25) is 5.02 Å². The van der Waals surface area contributed by atoms with Crippen molar-refractivity contribution >= 4 is 28.1 Å². The summed E-state index contributed by atoms with van der Waals surface area (Å²) in [6, 6.07) is 11.4. The van der Waals surface area contributed by atoms with Gasteiger partial charge in [0.1, 0.15) is 5.82 Å². The van der Waals surface area contributed by atoms with Gasteiger partial charge in [0.2, 0.25) is 0 Å². The molecule has 0 saturated carbocycles. The van der Waals surface area contributed by atoms with Gasteiger partial charge in [-0.2, -0.15) is 0 Å². The molecule has 0 aliphatic rings. The monoisotopic (exact) mass is 283 g/mol. The summed E-state index contributed by atoms with van der Waals surface area (Å²) in [6.07, 6.45) is 0. The number of hydrogen-bond acceptors (Lipinski definition) is 2. The molecule has 2 aromatic carbocycles. The van der Waals surface area contributed by atoms with Crippen molar-refractivity contribution in [2.24, 2.45) is 0 Å². The molecule has 94 valence electrons. The third-order valence-electron chi connectivity index (χ3n) is 2.44. The van der Waals surface area contributed by atoms with E-state index in [1.807, 2.05) is 0 Å². The van der Waals surface area contributed by atoms with E-state index in [-0.39, 0.29) is 10.8 Å². The fourth-order valence-electron chi connectivity index (χ4n) is 1.54. The molecule has 1 atom stereocenters. The third kappa shape index (κ3) is 2.89. The standard InChI is InChI=1S/C13H11ClFNOS/c14-12-6-1-3-9(13(12)15)8-18(17)11-5-2-4-10(16)7-11/h1-7H,8,16H2. The van der Waals surface area contributed by atoms with Crippen LogP contribution in [0.15, 0.2) is 47.4 Å². The Balaban J connectivity index is 2.24. The van der Waals surface area contributed by atoms with Crippen molar-refractivity contribution in [2.45, 2.75) is 10.6 Å². The minimum Gasteiger partial charge on any atom is -0.399 e. The zero-order valence-corrected chi connectivity index (χ0v) is 11.0. The molecule has 0 aliphatic heterocycles. The molecule has 0 fully saturated rings. The van der Waals surface area contributed by atoms with Crippen molar-refractivity contribution < 1.29 is 8.60 Å². The van der Waals surface area contributed by atoms with Gasteiger partial charge in [-0.3, -0.25) is 4.21 Å². The molecule has 5 heteroatoms. The van der Waals surface area contributed by atoms with Crippen LogP contribution in [0.25, 0.3) is 0 Å². The lowest BCUT2D eigenvalue weighted by molar-refractivity contribution is 0.615. The summed E-state index contributed by atoms with van der Waals surface area (Å²) in [4.78, 5) is 0.578. The molecule has 0 aliphatic carbocycles. The fourth-order valence-corrected chi connectivity index (χ4v) is 2.90. The summed E-state index contributed by atoms with van der Waals surface area (Å²) in [5.74, 6) is -0.438. The lowest BCUT2D eigenvalue weighted by Gasteiger charge is -2.05. The largest absolute Gasteiger partial charge is 0.399 e. The predicted molar refractivity (Wildman–Crippen MR) is 72.4 cm³/mol. The molecule has 2 nitrogen and oxygen atoms in total. The molecule has 0 radical (unpaired) electrons. The highest BCUT2D eigenvalue weighted by Crippen LogP contribution is 2.21. The fraction of sp³-hybridized carbons (Fsp3) is 0.0769. The molecule has 2 N–H and O–H groups in total. The van der Waals surface area contributed by atoms with Gasteiger partial charge in [-0.05, 0) is 24.3 Å². The maximum absolute atomic E-state index is 13.7. The second kappa shape index (κ2) is 5.50. The van der Waals surface area contributed by atoms with Crippen LogP contribution in [0, 0.1) is 5.82 Å². The van der Waals surface area contributed by atoms with Gasteiger partial charge in [0.05, 0.1) is 21.6 Å². The second-order valence-electron chi connectivity index (χ2n) is 3.78. The van der Waals surface area contributed by atoms with Crippen LogP contribution >= 0.6 is 11.6 Å². The summed E-state index contributed by atoms with van der Waals surface area (Å²) in [5, 5.41) is 0.0390. The molecular weight excluding hydrogens is 273 g/mol. The van der Waals surface area contributed by atoms with Crippen LogP contribution in [-0.4, -0.2) is 4.21 Å². The van der Waals surface area contributed by atoms with Crippen molar-refractivity contribution in [1.82, 2.24) is 0 Å². The Labute approximate surface area is 112 Å². The second-order valence-corrected chi connectivity index (χ2v) is 5.63. The third-order valence-corrected chi connectivity index (χ3v) is 4.08. The minimum absolute atomic E-state index is 0.0390. The lowest BCUT2D eigenvalue weighted by Crippen LogP contribution is -2.00. The van der Waals surface area contributed by atoms with Crippen molar-refractivity contribution in [3.63, 3.8) is 0 Å². The normalized spacial score (nSPS) is 12.3. The lowest BCUT2D eigenvalue weighted by atomic mass is 10.2. The number of nitrogens with two attached hydrogens (primary N) is 1. The molecular formula is C13H11ClFNOS. The summed E-state index contributed by atoms with van der Waals surface area (Å²) >= 11 is 5.67. The summed E-state index contributed by atoms with van der Waals surface area (Å²) in [6.45, 7) is 0. The Morgan fingerprint density at radius 3 is 2.67 bits per heavy atom. The highest BCUT2D eigenvalue weighted by atomic mass is 35.5. The van der Waals surface area contributed by atoms with Crippen LogP contribution in [0.1, 0.15) is 5.56 Å². The highest BCUT2D eigenvalue weighted by Gasteiger charge is 2.11. The van der Waals surface area contributed by atoms with E-state index in [9.17, 15) is 8.60 Å².